The largest absolute Gasteiger partial charge is 0.455 e. The Labute approximate surface area is 92.7 Å². The van der Waals surface area contributed by atoms with Gasteiger partial charge in [-0.3, -0.25) is 0 Å². The molecule has 0 saturated heterocycles. The van der Waals surface area contributed by atoms with Crippen LogP contribution in [-0.2, 0) is 9.53 Å². The van der Waals surface area contributed by atoms with Crippen molar-refractivity contribution in [1.82, 2.24) is 0 Å². The fourth-order valence-corrected chi connectivity index (χ4v) is 2.22. The molecular formula is C13H22O2. The topological polar surface area (TPSA) is 26.3 Å². The van der Waals surface area contributed by atoms with Gasteiger partial charge in [0.1, 0.15) is 5.60 Å². The predicted molar refractivity (Wildman–Crippen MR) is 61.6 cm³/mol. The molecule has 15 heavy (non-hydrogen) atoms. The van der Waals surface area contributed by atoms with Gasteiger partial charge in [0.25, 0.3) is 0 Å². The van der Waals surface area contributed by atoms with E-state index in [1.165, 1.54) is 0 Å². The molecule has 0 heterocycles. The zero-order valence-electron chi connectivity index (χ0n) is 10.4. The summed E-state index contributed by atoms with van der Waals surface area (Å²) < 4.78 is 5.69. The molecule has 0 N–H and O–H groups in total. The van der Waals surface area contributed by atoms with Gasteiger partial charge in [-0.15, -0.1) is 0 Å². The van der Waals surface area contributed by atoms with Crippen LogP contribution < -0.4 is 0 Å². The van der Waals surface area contributed by atoms with E-state index in [0.29, 0.717) is 5.57 Å². The van der Waals surface area contributed by atoms with Gasteiger partial charge in [-0.05, 0) is 32.6 Å². The lowest BCUT2D eigenvalue weighted by Gasteiger charge is -2.41. The monoisotopic (exact) mass is 210 g/mol. The van der Waals surface area contributed by atoms with Crippen molar-refractivity contribution < 1.29 is 9.53 Å². The summed E-state index contributed by atoms with van der Waals surface area (Å²) in [5, 5.41) is 0. The van der Waals surface area contributed by atoms with E-state index in [2.05, 4.69) is 27.4 Å². The second-order valence-corrected chi connectivity index (χ2v) is 5.62. The molecule has 0 amide bonds. The molecule has 1 aliphatic carbocycles. The number of carbonyl (C=O) groups is 1. The van der Waals surface area contributed by atoms with Gasteiger partial charge in [-0.1, -0.05) is 27.4 Å². The summed E-state index contributed by atoms with van der Waals surface area (Å²) in [7, 11) is 0. The van der Waals surface area contributed by atoms with Gasteiger partial charge < -0.3 is 4.74 Å². The molecule has 0 radical (unpaired) electrons. The smallest absolute Gasteiger partial charge is 0.333 e. The van der Waals surface area contributed by atoms with E-state index < -0.39 is 0 Å². The van der Waals surface area contributed by atoms with E-state index in [9.17, 15) is 4.79 Å². The molecule has 86 valence electrons. The van der Waals surface area contributed by atoms with Crippen molar-refractivity contribution in [1.29, 1.82) is 0 Å². The van der Waals surface area contributed by atoms with Crippen LogP contribution in [0.1, 0.15) is 53.4 Å². The van der Waals surface area contributed by atoms with Crippen LogP contribution in [0.2, 0.25) is 0 Å². The van der Waals surface area contributed by atoms with Crippen LogP contribution in [0, 0.1) is 5.41 Å². The Bertz CT molecular complexity index is 265. The van der Waals surface area contributed by atoms with E-state index in [1.807, 2.05) is 0 Å². The molecule has 2 nitrogen and oxygen atoms in total. The minimum atomic E-state index is -0.275. The molecule has 1 saturated carbocycles. The quantitative estimate of drug-likeness (QED) is 0.515. The molecule has 1 rings (SSSR count). The maximum Gasteiger partial charge on any atom is 0.333 e. The van der Waals surface area contributed by atoms with Gasteiger partial charge in [0.15, 0.2) is 0 Å². The Morgan fingerprint density at radius 2 is 1.73 bits per heavy atom. The van der Waals surface area contributed by atoms with E-state index >= 15 is 0 Å². The van der Waals surface area contributed by atoms with E-state index in [-0.39, 0.29) is 17.0 Å². The third-order valence-corrected chi connectivity index (χ3v) is 3.41. The molecule has 0 aromatic heterocycles. The summed E-state index contributed by atoms with van der Waals surface area (Å²) in [6.45, 7) is 11.8. The van der Waals surface area contributed by atoms with Crippen LogP contribution in [0.4, 0.5) is 0 Å². The second-order valence-electron chi connectivity index (χ2n) is 5.62. The van der Waals surface area contributed by atoms with Crippen molar-refractivity contribution in [3.63, 3.8) is 0 Å². The zero-order valence-corrected chi connectivity index (χ0v) is 10.4. The van der Waals surface area contributed by atoms with Gasteiger partial charge in [-0.2, -0.15) is 0 Å². The fraction of sp³-hybridized carbons (Fsp3) is 0.769. The Morgan fingerprint density at radius 1 is 1.27 bits per heavy atom. The fourth-order valence-electron chi connectivity index (χ4n) is 2.22. The first-order valence-electron chi connectivity index (χ1n) is 5.67. The summed E-state index contributed by atoms with van der Waals surface area (Å²) in [4.78, 5) is 11.6. The number of ether oxygens (including phenoxy) is 1. The lowest BCUT2D eigenvalue weighted by atomic mass is 9.75. The highest BCUT2D eigenvalue weighted by Crippen LogP contribution is 2.46. The molecule has 0 aromatic rings. The summed E-state index contributed by atoms with van der Waals surface area (Å²) in [5.74, 6) is -0.244. The van der Waals surface area contributed by atoms with Crippen LogP contribution in [0.3, 0.4) is 0 Å². The van der Waals surface area contributed by atoms with E-state index in [1.54, 1.807) is 6.92 Å². The molecule has 0 aromatic carbocycles. The molecule has 1 fully saturated rings. The third kappa shape index (κ3) is 2.42. The van der Waals surface area contributed by atoms with Gasteiger partial charge in [0, 0.05) is 11.0 Å². The molecule has 0 bridgehead atoms. The minimum absolute atomic E-state index is 0.00854. The molecule has 0 atom stereocenters. The minimum Gasteiger partial charge on any atom is -0.455 e. The summed E-state index contributed by atoms with van der Waals surface area (Å²) >= 11 is 0. The van der Waals surface area contributed by atoms with Crippen LogP contribution >= 0.6 is 0 Å². The van der Waals surface area contributed by atoms with Crippen molar-refractivity contribution in [2.24, 2.45) is 5.41 Å². The molecule has 0 aliphatic heterocycles. The average molecular weight is 210 g/mol. The van der Waals surface area contributed by atoms with Gasteiger partial charge in [0.05, 0.1) is 0 Å². The molecule has 1 aliphatic rings. The Balaban J connectivity index is 2.84. The standard InChI is InChI=1S/C13H22O2/c1-10(2)11(14)15-13(12(3,4)5)8-6-7-9-13/h1,6-9H2,2-5H3. The maximum absolute atomic E-state index is 11.6. The normalized spacial score (nSPS) is 20.0. The maximum atomic E-state index is 11.6. The van der Waals surface area contributed by atoms with E-state index in [0.717, 1.165) is 25.7 Å². The number of hydrogen-bond donors (Lipinski definition) is 0. The van der Waals surface area contributed by atoms with Gasteiger partial charge in [-0.25, -0.2) is 4.79 Å². The second kappa shape index (κ2) is 3.99. The molecule has 2 heteroatoms. The van der Waals surface area contributed by atoms with Gasteiger partial charge >= 0.3 is 5.97 Å². The van der Waals surface area contributed by atoms with Crippen molar-refractivity contribution in [2.45, 2.75) is 59.0 Å². The highest BCUT2D eigenvalue weighted by atomic mass is 16.6. The first kappa shape index (κ1) is 12.3. The first-order valence-corrected chi connectivity index (χ1v) is 5.67. The third-order valence-electron chi connectivity index (χ3n) is 3.41. The number of carbonyl (C=O) groups excluding carboxylic acids is 1. The molecular weight excluding hydrogens is 188 g/mol. The molecule has 0 unspecified atom stereocenters. The zero-order chi connectivity index (χ0) is 11.7. The van der Waals surface area contributed by atoms with Crippen LogP contribution in [0.5, 0.6) is 0 Å². The Morgan fingerprint density at radius 3 is 2.07 bits per heavy atom. The van der Waals surface area contributed by atoms with Crippen molar-refractivity contribution in [2.75, 3.05) is 0 Å². The predicted octanol–water partition coefficient (Wildman–Crippen LogP) is 3.46. The van der Waals surface area contributed by atoms with Crippen molar-refractivity contribution >= 4 is 5.97 Å². The highest BCUT2D eigenvalue weighted by Gasteiger charge is 2.47. The summed E-state index contributed by atoms with van der Waals surface area (Å²) in [6, 6.07) is 0. The van der Waals surface area contributed by atoms with E-state index in [4.69, 9.17) is 4.74 Å². The van der Waals surface area contributed by atoms with Crippen LogP contribution in [-0.4, -0.2) is 11.6 Å². The lowest BCUT2D eigenvalue weighted by Crippen LogP contribution is -2.44. The lowest BCUT2D eigenvalue weighted by molar-refractivity contribution is -0.167. The van der Waals surface area contributed by atoms with Crippen LogP contribution in [0.25, 0.3) is 0 Å². The van der Waals surface area contributed by atoms with Crippen LogP contribution in [0.15, 0.2) is 12.2 Å². The van der Waals surface area contributed by atoms with Gasteiger partial charge in [0.2, 0.25) is 0 Å². The SMILES string of the molecule is C=C(C)C(=O)OC1(C(C)(C)C)CCCC1. The first-order chi connectivity index (χ1) is 6.78. The highest BCUT2D eigenvalue weighted by molar-refractivity contribution is 5.87. The Hall–Kier alpha value is -0.790. The van der Waals surface area contributed by atoms with Crippen molar-refractivity contribution in [3.05, 3.63) is 12.2 Å². The van der Waals surface area contributed by atoms with Crippen molar-refractivity contribution in [3.8, 4) is 0 Å². The summed E-state index contributed by atoms with van der Waals surface area (Å²) in [6.07, 6.45) is 4.27. The Kier molecular flexibility index (Phi) is 3.27. The number of hydrogen-bond acceptors (Lipinski definition) is 2. The average Bonchev–Trinajstić information content (AvgIpc) is 2.52. The summed E-state index contributed by atoms with van der Waals surface area (Å²) in [5.41, 5.74) is 0.225. The number of rotatable bonds is 2. The molecule has 0 spiro atoms. The number of esters is 1.